The molecular formula is C27H32N+. The Kier molecular flexibility index (Phi) is 4.40. The lowest BCUT2D eigenvalue weighted by atomic mass is 9.84. The highest BCUT2D eigenvalue weighted by Crippen LogP contribution is 2.43. The molecule has 1 nitrogen and oxygen atoms in total. The average Bonchev–Trinajstić information content (AvgIpc) is 3.43. The van der Waals surface area contributed by atoms with Gasteiger partial charge in [0.1, 0.15) is 7.05 Å². The van der Waals surface area contributed by atoms with Gasteiger partial charge in [0, 0.05) is 6.07 Å². The zero-order chi connectivity index (χ0) is 20.0. The van der Waals surface area contributed by atoms with Crippen molar-refractivity contribution in [3.63, 3.8) is 0 Å². The van der Waals surface area contributed by atoms with Gasteiger partial charge in [0.15, 0.2) is 6.20 Å². The summed E-state index contributed by atoms with van der Waals surface area (Å²) in [4.78, 5) is 0. The summed E-state index contributed by atoms with van der Waals surface area (Å²) < 4.78 is 10.3. The Hall–Kier alpha value is -2.15. The van der Waals surface area contributed by atoms with Crippen LogP contribution in [0.5, 0.6) is 0 Å². The summed E-state index contributed by atoms with van der Waals surface area (Å²) >= 11 is 0. The van der Waals surface area contributed by atoms with Crippen molar-refractivity contribution in [2.45, 2.75) is 70.1 Å². The summed E-state index contributed by atoms with van der Waals surface area (Å²) in [7, 11) is 2.17. The molecule has 2 aliphatic carbocycles. The summed E-state index contributed by atoms with van der Waals surface area (Å²) in [5.41, 5.74) is 7.35. The van der Waals surface area contributed by atoms with Crippen LogP contribution < -0.4 is 4.57 Å². The highest BCUT2D eigenvalue weighted by atomic mass is 14.9. The zero-order valence-electron chi connectivity index (χ0n) is 18.3. The SMILES string of the molecule is [2H]c1ccc2c(-c3cc(C4CCCC4)cc(C4CCCC4)c3C)[n+](C)ccc2c1. The van der Waals surface area contributed by atoms with E-state index in [0.717, 1.165) is 11.8 Å². The number of benzene rings is 2. The van der Waals surface area contributed by atoms with Crippen LogP contribution >= 0.6 is 0 Å². The van der Waals surface area contributed by atoms with E-state index in [4.69, 9.17) is 1.37 Å². The molecule has 0 spiro atoms. The second kappa shape index (κ2) is 7.35. The molecule has 0 radical (unpaired) electrons. The Bertz CT molecular complexity index is 1060. The fraction of sp³-hybridized carbons (Fsp3) is 0.444. The van der Waals surface area contributed by atoms with Crippen LogP contribution in [0.25, 0.3) is 22.0 Å². The van der Waals surface area contributed by atoms with Gasteiger partial charge in [-0.3, -0.25) is 0 Å². The smallest absolute Gasteiger partial charge is 0.200 e. The molecule has 0 unspecified atom stereocenters. The summed E-state index contributed by atoms with van der Waals surface area (Å²) in [6.07, 6.45) is 13.0. The number of nitrogens with zero attached hydrogens (tertiary/aromatic N) is 1. The third kappa shape index (κ3) is 3.05. The first kappa shape index (κ1) is 16.8. The van der Waals surface area contributed by atoms with Gasteiger partial charge in [0.25, 0.3) is 0 Å². The van der Waals surface area contributed by atoms with Gasteiger partial charge in [-0.05, 0) is 78.7 Å². The molecule has 2 aromatic carbocycles. The molecule has 0 aliphatic heterocycles. The lowest BCUT2D eigenvalue weighted by Crippen LogP contribution is -2.31. The molecule has 1 heteroatoms. The molecule has 2 saturated carbocycles. The number of rotatable bonds is 3. The molecule has 1 heterocycles. The van der Waals surface area contributed by atoms with E-state index in [2.05, 4.69) is 49.0 Å². The van der Waals surface area contributed by atoms with Crippen molar-refractivity contribution in [3.8, 4) is 11.3 Å². The van der Waals surface area contributed by atoms with E-state index >= 15 is 0 Å². The second-order valence-corrected chi connectivity index (χ2v) is 9.03. The molecule has 2 fully saturated rings. The van der Waals surface area contributed by atoms with Crippen LogP contribution in [-0.4, -0.2) is 0 Å². The fourth-order valence-electron chi connectivity index (χ4n) is 5.75. The molecule has 1 aromatic heterocycles. The first-order chi connectivity index (χ1) is 14.1. The van der Waals surface area contributed by atoms with E-state index in [1.165, 1.54) is 79.0 Å². The molecule has 0 atom stereocenters. The molecule has 0 saturated heterocycles. The maximum Gasteiger partial charge on any atom is 0.220 e. The van der Waals surface area contributed by atoms with Crippen molar-refractivity contribution in [1.82, 2.24) is 0 Å². The summed E-state index contributed by atoms with van der Waals surface area (Å²) in [6.45, 7) is 2.35. The van der Waals surface area contributed by atoms with Crippen LogP contribution in [0.15, 0.2) is 48.6 Å². The molecule has 5 rings (SSSR count). The minimum Gasteiger partial charge on any atom is -0.200 e. The van der Waals surface area contributed by atoms with E-state index in [1.54, 1.807) is 11.1 Å². The van der Waals surface area contributed by atoms with Crippen LogP contribution in [-0.2, 0) is 7.05 Å². The third-order valence-electron chi connectivity index (χ3n) is 7.33. The minimum absolute atomic E-state index is 0.584. The lowest BCUT2D eigenvalue weighted by Gasteiger charge is -2.21. The third-order valence-corrected chi connectivity index (χ3v) is 7.33. The Morgan fingerprint density at radius 3 is 2.39 bits per heavy atom. The van der Waals surface area contributed by atoms with Gasteiger partial charge in [-0.2, -0.15) is 0 Å². The van der Waals surface area contributed by atoms with Gasteiger partial charge < -0.3 is 0 Å². The van der Waals surface area contributed by atoms with Gasteiger partial charge in [0.2, 0.25) is 5.69 Å². The molecule has 0 bridgehead atoms. The van der Waals surface area contributed by atoms with E-state index in [9.17, 15) is 0 Å². The highest BCUT2D eigenvalue weighted by molar-refractivity contribution is 5.93. The van der Waals surface area contributed by atoms with Crippen LogP contribution in [0.3, 0.4) is 0 Å². The predicted molar refractivity (Wildman–Crippen MR) is 118 cm³/mol. The van der Waals surface area contributed by atoms with Crippen LogP contribution in [0.2, 0.25) is 0 Å². The van der Waals surface area contributed by atoms with Crippen LogP contribution in [0.1, 0.15) is 81.3 Å². The fourth-order valence-corrected chi connectivity index (χ4v) is 5.75. The van der Waals surface area contributed by atoms with Crippen molar-refractivity contribution < 1.29 is 5.94 Å². The Morgan fingerprint density at radius 1 is 0.929 bits per heavy atom. The average molecular weight is 372 g/mol. The largest absolute Gasteiger partial charge is 0.220 e. The van der Waals surface area contributed by atoms with Gasteiger partial charge in [-0.1, -0.05) is 49.9 Å². The van der Waals surface area contributed by atoms with E-state index in [1.807, 2.05) is 12.1 Å². The number of hydrogen-bond donors (Lipinski definition) is 0. The lowest BCUT2D eigenvalue weighted by molar-refractivity contribution is -0.659. The van der Waals surface area contributed by atoms with Crippen molar-refractivity contribution in [2.75, 3.05) is 0 Å². The number of fused-ring (bicyclic) bond motifs is 1. The molecule has 0 N–H and O–H groups in total. The number of hydrogen-bond acceptors (Lipinski definition) is 0. The van der Waals surface area contributed by atoms with Crippen molar-refractivity contribution in [1.29, 1.82) is 0 Å². The Morgan fingerprint density at radius 2 is 1.64 bits per heavy atom. The molecule has 2 aliphatic rings. The first-order valence-corrected chi connectivity index (χ1v) is 11.2. The monoisotopic (exact) mass is 371 g/mol. The Labute approximate surface area is 170 Å². The topological polar surface area (TPSA) is 3.88 Å². The number of aryl methyl sites for hydroxylation is 1. The van der Waals surface area contributed by atoms with Gasteiger partial charge in [-0.15, -0.1) is 0 Å². The molecular weight excluding hydrogens is 338 g/mol. The zero-order valence-corrected chi connectivity index (χ0v) is 17.3. The standard InChI is InChI=1S/C27H32N/c1-19-25(21-11-5-6-12-21)17-23(20-9-3-4-10-20)18-26(19)27-24-14-8-7-13-22(24)15-16-28(27)2/h7-8,13-18,20-21H,3-6,9-12H2,1-2H3/q+1/i7D. The van der Waals surface area contributed by atoms with Crippen molar-refractivity contribution >= 4 is 10.8 Å². The van der Waals surface area contributed by atoms with Crippen LogP contribution in [0, 0.1) is 6.92 Å². The van der Waals surface area contributed by atoms with Crippen molar-refractivity contribution in [2.24, 2.45) is 7.05 Å². The molecule has 28 heavy (non-hydrogen) atoms. The van der Waals surface area contributed by atoms with Gasteiger partial charge in [0.05, 0.1) is 12.3 Å². The van der Waals surface area contributed by atoms with E-state index in [-0.39, 0.29) is 0 Å². The summed E-state index contributed by atoms with van der Waals surface area (Å²) in [5.74, 6) is 1.46. The highest BCUT2D eigenvalue weighted by Gasteiger charge is 2.27. The number of aromatic nitrogens is 1. The van der Waals surface area contributed by atoms with E-state index in [0.29, 0.717) is 6.04 Å². The summed E-state index contributed by atoms with van der Waals surface area (Å²) in [6, 6.07) is 13.9. The van der Waals surface area contributed by atoms with Gasteiger partial charge in [-0.25, -0.2) is 4.57 Å². The van der Waals surface area contributed by atoms with Crippen molar-refractivity contribution in [3.05, 3.63) is 65.3 Å². The maximum absolute atomic E-state index is 8.04. The molecule has 0 amide bonds. The van der Waals surface area contributed by atoms with Gasteiger partial charge >= 0.3 is 0 Å². The maximum atomic E-state index is 8.04. The minimum atomic E-state index is 0.584. The Balaban J connectivity index is 1.76. The quantitative estimate of drug-likeness (QED) is 0.438. The van der Waals surface area contributed by atoms with E-state index < -0.39 is 0 Å². The molecule has 3 aromatic rings. The number of pyridine rings is 1. The second-order valence-electron chi connectivity index (χ2n) is 9.03. The predicted octanol–water partition coefficient (Wildman–Crippen LogP) is 6.95. The summed E-state index contributed by atoms with van der Waals surface area (Å²) in [5, 5.41) is 2.42. The normalized spacial score (nSPS) is 18.9. The molecule has 144 valence electrons. The van der Waals surface area contributed by atoms with Crippen LogP contribution in [0.4, 0.5) is 0 Å². The first-order valence-electron chi connectivity index (χ1n) is 11.7.